The van der Waals surface area contributed by atoms with E-state index in [0.717, 1.165) is 18.7 Å². The molecule has 108 valence electrons. The summed E-state index contributed by atoms with van der Waals surface area (Å²) in [6, 6.07) is 14.4. The third-order valence-corrected chi connectivity index (χ3v) is 4.88. The van der Waals surface area contributed by atoms with Crippen molar-refractivity contribution < 1.29 is 9.21 Å². The largest absolute Gasteiger partial charge is 0.469 e. The Balaban J connectivity index is 1.35. The van der Waals surface area contributed by atoms with E-state index in [2.05, 4.69) is 29.6 Å². The molecule has 1 heterocycles. The SMILES string of the molecule is O=C(NCC1(c2ccccc2)CC1)[C@@H]1C[C@H]1c1ccco1. The maximum Gasteiger partial charge on any atom is 0.223 e. The van der Waals surface area contributed by atoms with Crippen molar-refractivity contribution in [2.75, 3.05) is 6.54 Å². The van der Waals surface area contributed by atoms with Crippen molar-refractivity contribution in [3.63, 3.8) is 0 Å². The second-order valence-electron chi connectivity index (χ2n) is 6.33. The fourth-order valence-electron chi connectivity index (χ4n) is 3.20. The van der Waals surface area contributed by atoms with Gasteiger partial charge in [-0.2, -0.15) is 0 Å². The summed E-state index contributed by atoms with van der Waals surface area (Å²) in [4.78, 5) is 12.3. The van der Waals surface area contributed by atoms with Crippen LogP contribution < -0.4 is 5.32 Å². The van der Waals surface area contributed by atoms with Crippen LogP contribution in [0.1, 0.15) is 36.5 Å². The molecule has 0 bridgehead atoms. The van der Waals surface area contributed by atoms with Crippen molar-refractivity contribution in [1.29, 1.82) is 0 Å². The third kappa shape index (κ3) is 2.37. The molecule has 0 spiro atoms. The Bertz CT molecular complexity index is 629. The van der Waals surface area contributed by atoms with Crippen LogP contribution in [0, 0.1) is 5.92 Å². The van der Waals surface area contributed by atoms with Crippen molar-refractivity contribution in [2.45, 2.75) is 30.6 Å². The van der Waals surface area contributed by atoms with Crippen LogP contribution in [0.2, 0.25) is 0 Å². The average Bonchev–Trinajstić information content (AvgIpc) is 3.44. The van der Waals surface area contributed by atoms with Crippen molar-refractivity contribution in [3.05, 3.63) is 60.1 Å². The molecule has 3 nitrogen and oxygen atoms in total. The number of carbonyl (C=O) groups excluding carboxylic acids is 1. The highest BCUT2D eigenvalue weighted by molar-refractivity contribution is 5.82. The Morgan fingerprint density at radius 3 is 2.67 bits per heavy atom. The first-order valence-corrected chi connectivity index (χ1v) is 7.65. The van der Waals surface area contributed by atoms with Crippen LogP contribution in [0.4, 0.5) is 0 Å². The lowest BCUT2D eigenvalue weighted by molar-refractivity contribution is -0.122. The Morgan fingerprint density at radius 2 is 2.00 bits per heavy atom. The van der Waals surface area contributed by atoms with E-state index in [1.165, 1.54) is 18.4 Å². The number of hydrogen-bond acceptors (Lipinski definition) is 2. The standard InChI is InChI=1S/C18H19NO2/c20-17(15-11-14(15)16-7-4-10-21-16)19-12-18(8-9-18)13-5-2-1-3-6-13/h1-7,10,14-15H,8-9,11-12H2,(H,19,20)/t14-,15-/m1/s1. The molecule has 2 aromatic rings. The van der Waals surface area contributed by atoms with Gasteiger partial charge in [-0.25, -0.2) is 0 Å². The molecule has 0 aliphatic heterocycles. The predicted molar refractivity (Wildman–Crippen MR) is 79.9 cm³/mol. The molecule has 2 aliphatic rings. The van der Waals surface area contributed by atoms with Gasteiger partial charge in [-0.3, -0.25) is 4.79 Å². The second-order valence-corrected chi connectivity index (χ2v) is 6.33. The lowest BCUT2D eigenvalue weighted by atomic mass is 9.96. The summed E-state index contributed by atoms with van der Waals surface area (Å²) < 4.78 is 5.38. The summed E-state index contributed by atoms with van der Waals surface area (Å²) >= 11 is 0. The molecule has 3 heteroatoms. The normalized spacial score (nSPS) is 25.3. The molecule has 1 N–H and O–H groups in total. The van der Waals surface area contributed by atoms with Crippen LogP contribution in [0.3, 0.4) is 0 Å². The lowest BCUT2D eigenvalue weighted by Gasteiger charge is -2.16. The monoisotopic (exact) mass is 281 g/mol. The van der Waals surface area contributed by atoms with E-state index in [9.17, 15) is 4.79 Å². The maximum absolute atomic E-state index is 12.3. The van der Waals surface area contributed by atoms with Gasteiger partial charge in [0, 0.05) is 23.8 Å². The van der Waals surface area contributed by atoms with E-state index in [1.54, 1.807) is 6.26 Å². The van der Waals surface area contributed by atoms with E-state index in [0.29, 0.717) is 0 Å². The smallest absolute Gasteiger partial charge is 0.223 e. The highest BCUT2D eigenvalue weighted by atomic mass is 16.3. The maximum atomic E-state index is 12.3. The van der Waals surface area contributed by atoms with Crippen molar-refractivity contribution in [3.8, 4) is 0 Å². The van der Waals surface area contributed by atoms with E-state index in [-0.39, 0.29) is 23.2 Å². The van der Waals surface area contributed by atoms with Crippen LogP contribution in [-0.4, -0.2) is 12.5 Å². The van der Waals surface area contributed by atoms with Gasteiger partial charge < -0.3 is 9.73 Å². The molecule has 21 heavy (non-hydrogen) atoms. The van der Waals surface area contributed by atoms with Gasteiger partial charge in [0.05, 0.1) is 6.26 Å². The molecule has 4 rings (SSSR count). The first-order chi connectivity index (χ1) is 10.3. The zero-order valence-corrected chi connectivity index (χ0v) is 11.9. The van der Waals surface area contributed by atoms with Crippen LogP contribution >= 0.6 is 0 Å². The second kappa shape index (κ2) is 4.76. The number of benzene rings is 1. The molecule has 2 saturated carbocycles. The summed E-state index contributed by atoms with van der Waals surface area (Å²) in [5.41, 5.74) is 1.54. The molecule has 0 radical (unpaired) electrons. The third-order valence-electron chi connectivity index (χ3n) is 4.88. The minimum Gasteiger partial charge on any atom is -0.469 e. The zero-order chi connectivity index (χ0) is 14.3. The van der Waals surface area contributed by atoms with Crippen LogP contribution in [0.15, 0.2) is 53.1 Å². The molecule has 2 atom stereocenters. The Kier molecular flexibility index (Phi) is 2.88. The first kappa shape index (κ1) is 12.7. The van der Waals surface area contributed by atoms with Crippen LogP contribution in [0.5, 0.6) is 0 Å². The fourth-order valence-corrected chi connectivity index (χ4v) is 3.20. The summed E-state index contributed by atoms with van der Waals surface area (Å²) in [6.45, 7) is 0.761. The Labute approximate surface area is 124 Å². The zero-order valence-electron chi connectivity index (χ0n) is 11.9. The van der Waals surface area contributed by atoms with Crippen molar-refractivity contribution in [1.82, 2.24) is 5.32 Å². The summed E-state index contributed by atoms with van der Waals surface area (Å²) in [7, 11) is 0. The number of nitrogens with one attached hydrogen (secondary N) is 1. The predicted octanol–water partition coefficient (Wildman–Crippen LogP) is 3.23. The minimum absolute atomic E-state index is 0.0997. The van der Waals surface area contributed by atoms with Gasteiger partial charge in [-0.05, 0) is 37.0 Å². The van der Waals surface area contributed by atoms with Crippen LogP contribution in [0.25, 0.3) is 0 Å². The van der Waals surface area contributed by atoms with Gasteiger partial charge in [0.1, 0.15) is 5.76 Å². The molecule has 0 saturated heterocycles. The van der Waals surface area contributed by atoms with E-state index < -0.39 is 0 Å². The van der Waals surface area contributed by atoms with Crippen LogP contribution in [-0.2, 0) is 10.2 Å². The topological polar surface area (TPSA) is 42.2 Å². The minimum atomic E-state index is 0.0997. The lowest BCUT2D eigenvalue weighted by Crippen LogP contribution is -2.33. The molecule has 1 aromatic heterocycles. The van der Waals surface area contributed by atoms with Crippen molar-refractivity contribution >= 4 is 5.91 Å². The molecule has 1 amide bonds. The van der Waals surface area contributed by atoms with E-state index in [1.807, 2.05) is 18.2 Å². The highest BCUT2D eigenvalue weighted by Gasteiger charge is 2.48. The Morgan fingerprint density at radius 1 is 1.19 bits per heavy atom. The molecule has 1 aromatic carbocycles. The van der Waals surface area contributed by atoms with Gasteiger partial charge in [-0.15, -0.1) is 0 Å². The fraction of sp³-hybridized carbons (Fsp3) is 0.389. The number of rotatable bonds is 5. The average molecular weight is 281 g/mol. The van der Waals surface area contributed by atoms with Crippen molar-refractivity contribution in [2.24, 2.45) is 5.92 Å². The molecular formula is C18H19NO2. The summed E-state index contributed by atoms with van der Waals surface area (Å²) in [5, 5.41) is 3.16. The summed E-state index contributed by atoms with van der Waals surface area (Å²) in [6.07, 6.45) is 4.93. The van der Waals surface area contributed by atoms with Gasteiger partial charge in [0.2, 0.25) is 5.91 Å². The molecule has 2 fully saturated rings. The highest BCUT2D eigenvalue weighted by Crippen LogP contribution is 2.49. The van der Waals surface area contributed by atoms with Gasteiger partial charge in [0.25, 0.3) is 0 Å². The number of hydrogen-bond donors (Lipinski definition) is 1. The molecule has 0 unspecified atom stereocenters. The Hall–Kier alpha value is -2.03. The van der Waals surface area contributed by atoms with Gasteiger partial charge >= 0.3 is 0 Å². The van der Waals surface area contributed by atoms with E-state index >= 15 is 0 Å². The number of amides is 1. The van der Waals surface area contributed by atoms with E-state index in [4.69, 9.17) is 4.42 Å². The van der Waals surface area contributed by atoms with Gasteiger partial charge in [0.15, 0.2) is 0 Å². The van der Waals surface area contributed by atoms with Gasteiger partial charge in [-0.1, -0.05) is 30.3 Å². The number of furan rings is 1. The molecule has 2 aliphatic carbocycles. The first-order valence-electron chi connectivity index (χ1n) is 7.65. The molecular weight excluding hydrogens is 262 g/mol. The number of carbonyl (C=O) groups is 1. The quantitative estimate of drug-likeness (QED) is 0.914. The summed E-state index contributed by atoms with van der Waals surface area (Å²) in [5.74, 6) is 1.51.